The molecule has 0 aromatic heterocycles. The van der Waals surface area contributed by atoms with E-state index in [9.17, 15) is 19.3 Å². The average Bonchev–Trinajstić information content (AvgIpc) is 2.27. The lowest BCUT2D eigenvalue weighted by Crippen LogP contribution is -2.39. The molecule has 18 heavy (non-hydrogen) atoms. The van der Waals surface area contributed by atoms with Gasteiger partial charge in [-0.05, 0) is 12.0 Å². The first kappa shape index (κ1) is 14.0. The molecule has 1 amide bonds. The fourth-order valence-electron chi connectivity index (χ4n) is 1.29. The highest BCUT2D eigenvalue weighted by molar-refractivity contribution is 5.96. The quantitative estimate of drug-likeness (QED) is 0.631. The Kier molecular flexibility index (Phi) is 4.33. The molecule has 7 heteroatoms. The minimum Gasteiger partial charge on any atom is -0.320 e. The first-order valence-corrected chi connectivity index (χ1v) is 5.33. The molecule has 0 fully saturated rings. The van der Waals surface area contributed by atoms with Crippen molar-refractivity contribution in [2.24, 2.45) is 11.7 Å². The van der Waals surface area contributed by atoms with Crippen LogP contribution in [0.1, 0.15) is 13.8 Å². The van der Waals surface area contributed by atoms with Crippen LogP contribution in [0.25, 0.3) is 0 Å². The van der Waals surface area contributed by atoms with Crippen LogP contribution in [0.15, 0.2) is 18.2 Å². The van der Waals surface area contributed by atoms with Crippen LogP contribution < -0.4 is 11.1 Å². The molecule has 1 unspecified atom stereocenters. The monoisotopic (exact) mass is 255 g/mol. The fraction of sp³-hybridized carbons (Fsp3) is 0.364. The third-order valence-corrected chi connectivity index (χ3v) is 2.43. The van der Waals surface area contributed by atoms with Crippen LogP contribution >= 0.6 is 0 Å². The van der Waals surface area contributed by atoms with E-state index in [-0.39, 0.29) is 17.3 Å². The zero-order valence-electron chi connectivity index (χ0n) is 10.0. The molecule has 0 aliphatic carbocycles. The van der Waals surface area contributed by atoms with Crippen molar-refractivity contribution >= 4 is 17.3 Å². The molecule has 0 aliphatic heterocycles. The lowest BCUT2D eigenvalue weighted by molar-refractivity contribution is -0.384. The van der Waals surface area contributed by atoms with Crippen molar-refractivity contribution in [3.05, 3.63) is 34.1 Å². The largest absolute Gasteiger partial charge is 0.320 e. The highest BCUT2D eigenvalue weighted by atomic mass is 19.1. The average molecular weight is 255 g/mol. The third kappa shape index (κ3) is 3.24. The van der Waals surface area contributed by atoms with E-state index in [1.54, 1.807) is 13.8 Å². The second-order valence-corrected chi connectivity index (χ2v) is 4.18. The van der Waals surface area contributed by atoms with E-state index in [0.717, 1.165) is 18.2 Å². The summed E-state index contributed by atoms with van der Waals surface area (Å²) in [7, 11) is 0. The van der Waals surface area contributed by atoms with Crippen LogP contribution in [0, 0.1) is 21.8 Å². The predicted octanol–water partition coefficient (Wildman–Crippen LogP) is 1.66. The summed E-state index contributed by atoms with van der Waals surface area (Å²) >= 11 is 0. The molecular formula is C11H14FN3O3. The first-order valence-electron chi connectivity index (χ1n) is 5.33. The highest BCUT2D eigenvalue weighted by Gasteiger charge is 2.21. The summed E-state index contributed by atoms with van der Waals surface area (Å²) in [4.78, 5) is 21.7. The van der Waals surface area contributed by atoms with Gasteiger partial charge < -0.3 is 11.1 Å². The Bertz CT molecular complexity index is 477. The van der Waals surface area contributed by atoms with Gasteiger partial charge in [-0.25, -0.2) is 4.39 Å². The molecule has 0 radical (unpaired) electrons. The summed E-state index contributed by atoms with van der Waals surface area (Å²) in [6.07, 6.45) is 0. The first-order chi connectivity index (χ1) is 8.32. The van der Waals surface area contributed by atoms with Gasteiger partial charge in [0, 0.05) is 12.1 Å². The molecule has 0 heterocycles. The van der Waals surface area contributed by atoms with E-state index in [1.807, 2.05) is 0 Å². The standard InChI is InChI=1S/C11H14FN3O3/c1-6(2)10(13)11(16)14-8-5-7(12)3-4-9(8)15(17)18/h3-6,10H,13H2,1-2H3,(H,14,16). The van der Waals surface area contributed by atoms with Crippen molar-refractivity contribution in [1.82, 2.24) is 0 Å². The zero-order chi connectivity index (χ0) is 13.9. The molecule has 1 rings (SSSR count). The Morgan fingerprint density at radius 3 is 2.61 bits per heavy atom. The molecule has 0 aliphatic rings. The molecule has 1 atom stereocenters. The maximum atomic E-state index is 13.0. The number of hydrogen-bond acceptors (Lipinski definition) is 4. The minimum atomic E-state index is -0.812. The van der Waals surface area contributed by atoms with Gasteiger partial charge in [0.1, 0.15) is 11.5 Å². The highest BCUT2D eigenvalue weighted by Crippen LogP contribution is 2.25. The van der Waals surface area contributed by atoms with Crippen LogP contribution in [-0.4, -0.2) is 16.9 Å². The Morgan fingerprint density at radius 2 is 2.11 bits per heavy atom. The van der Waals surface area contributed by atoms with Crippen molar-refractivity contribution in [3.63, 3.8) is 0 Å². The van der Waals surface area contributed by atoms with Crippen molar-refractivity contribution < 1.29 is 14.1 Å². The van der Waals surface area contributed by atoms with Crippen molar-refractivity contribution in [3.8, 4) is 0 Å². The Hall–Kier alpha value is -2.02. The third-order valence-electron chi connectivity index (χ3n) is 2.43. The molecule has 98 valence electrons. The SMILES string of the molecule is CC(C)C(N)C(=O)Nc1cc(F)ccc1[N+](=O)[O-]. The zero-order valence-corrected chi connectivity index (χ0v) is 10.0. The number of anilines is 1. The fourth-order valence-corrected chi connectivity index (χ4v) is 1.29. The van der Waals surface area contributed by atoms with E-state index in [0.29, 0.717) is 0 Å². The van der Waals surface area contributed by atoms with Gasteiger partial charge in [0.15, 0.2) is 0 Å². The number of nitro groups is 1. The minimum absolute atomic E-state index is 0.127. The van der Waals surface area contributed by atoms with Gasteiger partial charge in [-0.3, -0.25) is 14.9 Å². The number of amides is 1. The van der Waals surface area contributed by atoms with Crippen LogP contribution in [0.5, 0.6) is 0 Å². The molecule has 0 bridgehead atoms. The number of nitro benzene ring substituents is 1. The van der Waals surface area contributed by atoms with Gasteiger partial charge in [-0.1, -0.05) is 13.8 Å². The predicted molar refractivity (Wildman–Crippen MR) is 64.5 cm³/mol. The number of rotatable bonds is 4. The van der Waals surface area contributed by atoms with Crippen LogP contribution in [0.4, 0.5) is 15.8 Å². The van der Waals surface area contributed by atoms with Crippen LogP contribution in [-0.2, 0) is 4.79 Å². The molecule has 0 saturated heterocycles. The van der Waals surface area contributed by atoms with E-state index < -0.39 is 22.7 Å². The van der Waals surface area contributed by atoms with E-state index in [4.69, 9.17) is 5.73 Å². The summed E-state index contributed by atoms with van der Waals surface area (Å²) in [6.45, 7) is 3.48. The number of benzene rings is 1. The molecular weight excluding hydrogens is 241 g/mol. The number of nitrogens with zero attached hydrogens (tertiary/aromatic N) is 1. The van der Waals surface area contributed by atoms with Crippen LogP contribution in [0.3, 0.4) is 0 Å². The summed E-state index contributed by atoms with van der Waals surface area (Å²) in [6, 6.07) is 2.03. The smallest absolute Gasteiger partial charge is 0.292 e. The maximum absolute atomic E-state index is 13.0. The van der Waals surface area contributed by atoms with Gasteiger partial charge in [0.25, 0.3) is 5.69 Å². The molecule has 1 aromatic rings. The lowest BCUT2D eigenvalue weighted by atomic mass is 10.0. The normalized spacial score (nSPS) is 12.3. The number of nitrogens with two attached hydrogens (primary N) is 1. The van der Waals surface area contributed by atoms with Gasteiger partial charge >= 0.3 is 0 Å². The van der Waals surface area contributed by atoms with Gasteiger partial charge in [-0.2, -0.15) is 0 Å². The lowest BCUT2D eigenvalue weighted by Gasteiger charge is -2.15. The number of carbonyl (C=O) groups excluding carboxylic acids is 1. The number of hydrogen-bond donors (Lipinski definition) is 2. The molecule has 6 nitrogen and oxygen atoms in total. The summed E-state index contributed by atoms with van der Waals surface area (Å²) < 4.78 is 13.0. The Balaban J connectivity index is 2.99. The Morgan fingerprint density at radius 1 is 1.50 bits per heavy atom. The van der Waals surface area contributed by atoms with Gasteiger partial charge in [-0.15, -0.1) is 0 Å². The summed E-state index contributed by atoms with van der Waals surface area (Å²) in [5.41, 5.74) is 5.03. The molecule has 0 spiro atoms. The van der Waals surface area contributed by atoms with Crippen molar-refractivity contribution in [2.75, 3.05) is 5.32 Å². The molecule has 3 N–H and O–H groups in total. The van der Waals surface area contributed by atoms with Gasteiger partial charge in [0.2, 0.25) is 5.91 Å². The Labute approximate surface area is 103 Å². The van der Waals surface area contributed by atoms with E-state index >= 15 is 0 Å². The number of nitrogens with one attached hydrogen (secondary N) is 1. The maximum Gasteiger partial charge on any atom is 0.292 e. The molecule has 1 aromatic carbocycles. The van der Waals surface area contributed by atoms with Crippen molar-refractivity contribution in [2.45, 2.75) is 19.9 Å². The molecule has 0 saturated carbocycles. The topological polar surface area (TPSA) is 98.3 Å². The van der Waals surface area contributed by atoms with E-state index in [2.05, 4.69) is 5.32 Å². The summed E-state index contributed by atoms with van der Waals surface area (Å²) in [5.74, 6) is -1.38. The summed E-state index contributed by atoms with van der Waals surface area (Å²) in [5, 5.41) is 13.0. The number of halogens is 1. The van der Waals surface area contributed by atoms with Crippen molar-refractivity contribution in [1.29, 1.82) is 0 Å². The second-order valence-electron chi connectivity index (χ2n) is 4.18. The van der Waals surface area contributed by atoms with Gasteiger partial charge in [0.05, 0.1) is 11.0 Å². The van der Waals surface area contributed by atoms with Crippen LogP contribution in [0.2, 0.25) is 0 Å². The number of carbonyl (C=O) groups is 1. The second kappa shape index (κ2) is 5.54. The van der Waals surface area contributed by atoms with E-state index in [1.165, 1.54) is 0 Å².